The molecule has 0 saturated heterocycles. The van der Waals surface area contributed by atoms with E-state index in [2.05, 4.69) is 31.6 Å². The van der Waals surface area contributed by atoms with Gasteiger partial charge in [-0.3, -0.25) is 0 Å². The van der Waals surface area contributed by atoms with Gasteiger partial charge in [-0.05, 0) is 43.2 Å². The second kappa shape index (κ2) is 9.74. The van der Waals surface area contributed by atoms with Crippen LogP contribution in [-0.2, 0) is 6.54 Å². The number of halogens is 2. The Hall–Kier alpha value is -2.08. The van der Waals surface area contributed by atoms with E-state index in [1.165, 1.54) is 31.7 Å². The molecule has 3 rings (SSSR count). The Morgan fingerprint density at radius 1 is 1.11 bits per heavy atom. The molecule has 2 aromatic carbocycles. The van der Waals surface area contributed by atoms with Gasteiger partial charge < -0.3 is 15.7 Å². The van der Waals surface area contributed by atoms with E-state index in [0.29, 0.717) is 23.3 Å². The summed E-state index contributed by atoms with van der Waals surface area (Å²) >= 11 is 3.38. The van der Waals surface area contributed by atoms with Crippen LogP contribution in [0.3, 0.4) is 0 Å². The van der Waals surface area contributed by atoms with Crippen molar-refractivity contribution in [3.63, 3.8) is 0 Å². The Labute approximate surface area is 168 Å². The molecule has 6 heteroatoms. The van der Waals surface area contributed by atoms with Crippen molar-refractivity contribution in [1.82, 2.24) is 5.32 Å². The Bertz CT molecular complexity index is 789. The zero-order valence-corrected chi connectivity index (χ0v) is 16.8. The molecule has 3 N–H and O–H groups in total. The molecule has 1 aliphatic rings. The summed E-state index contributed by atoms with van der Waals surface area (Å²) in [7, 11) is 0. The van der Waals surface area contributed by atoms with E-state index in [4.69, 9.17) is 0 Å². The Kier molecular flexibility index (Phi) is 7.10. The molecule has 1 aliphatic carbocycles. The summed E-state index contributed by atoms with van der Waals surface area (Å²) in [5.41, 5.74) is 1.09. The lowest BCUT2D eigenvalue weighted by molar-refractivity contribution is 0.477. The quantitative estimate of drug-likeness (QED) is 0.255. The number of nitrogens with zero attached hydrogens (tertiary/aromatic N) is 1. The predicted molar refractivity (Wildman–Crippen MR) is 112 cm³/mol. The van der Waals surface area contributed by atoms with E-state index in [1.54, 1.807) is 30.3 Å². The summed E-state index contributed by atoms with van der Waals surface area (Å²) in [6.45, 7) is 0.209. The first-order valence-electron chi connectivity index (χ1n) is 9.42. The molecule has 0 atom stereocenters. The van der Waals surface area contributed by atoms with Gasteiger partial charge in [0.25, 0.3) is 0 Å². The monoisotopic (exact) mass is 433 g/mol. The first-order valence-corrected chi connectivity index (χ1v) is 10.2. The smallest absolute Gasteiger partial charge is 0.196 e. The van der Waals surface area contributed by atoms with Crippen LogP contribution in [-0.4, -0.2) is 17.1 Å². The lowest BCUT2D eigenvalue weighted by Crippen LogP contribution is -2.39. The maximum atomic E-state index is 14.1. The molecular formula is C21H25BrFN3O. The fourth-order valence-electron chi connectivity index (χ4n) is 3.27. The van der Waals surface area contributed by atoms with Crippen LogP contribution in [0.25, 0.3) is 0 Å². The zero-order valence-electron chi connectivity index (χ0n) is 15.2. The van der Waals surface area contributed by atoms with Crippen LogP contribution >= 0.6 is 15.9 Å². The van der Waals surface area contributed by atoms with Gasteiger partial charge in [0.15, 0.2) is 5.96 Å². The molecule has 1 fully saturated rings. The summed E-state index contributed by atoms with van der Waals surface area (Å²) in [5.74, 6) is 0.433. The molecule has 0 amide bonds. The van der Waals surface area contributed by atoms with E-state index in [0.717, 1.165) is 17.3 Å². The number of phenolic OH excluding ortho intramolecular Hbond substituents is 1. The molecule has 0 radical (unpaired) electrons. The number of guanidine groups is 1. The first-order chi connectivity index (χ1) is 13.1. The summed E-state index contributed by atoms with van der Waals surface area (Å²) in [5, 5.41) is 16.7. The van der Waals surface area contributed by atoms with Crippen LogP contribution < -0.4 is 10.6 Å². The van der Waals surface area contributed by atoms with Gasteiger partial charge in [-0.1, -0.05) is 53.7 Å². The number of phenols is 1. The number of benzene rings is 2. The molecule has 0 spiro atoms. The van der Waals surface area contributed by atoms with Crippen molar-refractivity contribution in [3.8, 4) is 5.75 Å². The fraction of sp³-hybridized carbons (Fsp3) is 0.381. The standard InChI is InChI=1S/C21H25BrFN3O/c22-16-11-12-18(23)15(13-16)14-24-21(25-17-7-3-1-2-4-8-17)26-19-9-5-6-10-20(19)27/h5-6,9-13,17,27H,1-4,7-8,14H2,(H2,24,25,26). The third kappa shape index (κ3) is 5.96. The number of nitrogens with one attached hydrogen (secondary N) is 2. The average Bonchev–Trinajstić information content (AvgIpc) is 2.93. The van der Waals surface area contributed by atoms with Crippen LogP contribution in [0, 0.1) is 5.82 Å². The number of hydrogen-bond donors (Lipinski definition) is 3. The molecular weight excluding hydrogens is 409 g/mol. The predicted octanol–water partition coefficient (Wildman–Crippen LogP) is 5.57. The highest BCUT2D eigenvalue weighted by Gasteiger charge is 2.15. The Morgan fingerprint density at radius 2 is 1.85 bits per heavy atom. The van der Waals surface area contributed by atoms with Gasteiger partial charge in [0, 0.05) is 16.1 Å². The zero-order chi connectivity index (χ0) is 19.1. The van der Waals surface area contributed by atoms with Gasteiger partial charge in [-0.15, -0.1) is 0 Å². The van der Waals surface area contributed by atoms with Crippen LogP contribution in [0.2, 0.25) is 0 Å². The molecule has 0 bridgehead atoms. The van der Waals surface area contributed by atoms with Crippen LogP contribution in [0.1, 0.15) is 44.1 Å². The van der Waals surface area contributed by atoms with E-state index < -0.39 is 0 Å². The fourth-order valence-corrected chi connectivity index (χ4v) is 3.68. The minimum atomic E-state index is -0.279. The molecule has 2 aromatic rings. The molecule has 0 unspecified atom stereocenters. The Morgan fingerprint density at radius 3 is 2.59 bits per heavy atom. The molecule has 0 aromatic heterocycles. The number of para-hydroxylation sites is 2. The highest BCUT2D eigenvalue weighted by atomic mass is 79.9. The van der Waals surface area contributed by atoms with Crippen molar-refractivity contribution in [2.75, 3.05) is 5.32 Å². The first kappa shape index (κ1) is 19.7. The minimum Gasteiger partial charge on any atom is -0.506 e. The van der Waals surface area contributed by atoms with E-state index in [-0.39, 0.29) is 18.1 Å². The number of hydrogen-bond acceptors (Lipinski definition) is 2. The molecule has 27 heavy (non-hydrogen) atoms. The third-order valence-electron chi connectivity index (χ3n) is 4.77. The maximum absolute atomic E-state index is 14.1. The molecule has 4 nitrogen and oxygen atoms in total. The number of aliphatic imine (C=N–C) groups is 1. The van der Waals surface area contributed by atoms with Crippen molar-refractivity contribution >= 4 is 27.6 Å². The average molecular weight is 434 g/mol. The topological polar surface area (TPSA) is 56.6 Å². The summed E-state index contributed by atoms with van der Waals surface area (Å²) < 4.78 is 14.9. The van der Waals surface area contributed by atoms with Crippen molar-refractivity contribution in [1.29, 1.82) is 0 Å². The largest absolute Gasteiger partial charge is 0.506 e. The molecule has 144 valence electrons. The molecule has 1 saturated carbocycles. The van der Waals surface area contributed by atoms with Gasteiger partial charge >= 0.3 is 0 Å². The van der Waals surface area contributed by atoms with Crippen molar-refractivity contribution in [3.05, 3.63) is 58.3 Å². The van der Waals surface area contributed by atoms with Crippen molar-refractivity contribution in [2.24, 2.45) is 4.99 Å². The highest BCUT2D eigenvalue weighted by molar-refractivity contribution is 9.10. The number of rotatable bonds is 4. The van der Waals surface area contributed by atoms with Crippen LogP contribution in [0.4, 0.5) is 10.1 Å². The van der Waals surface area contributed by atoms with Crippen LogP contribution in [0.15, 0.2) is 51.9 Å². The normalized spacial score (nSPS) is 16.0. The van der Waals surface area contributed by atoms with Gasteiger partial charge in [-0.25, -0.2) is 9.38 Å². The highest BCUT2D eigenvalue weighted by Crippen LogP contribution is 2.23. The second-order valence-electron chi connectivity index (χ2n) is 6.88. The van der Waals surface area contributed by atoms with Gasteiger partial charge in [0.05, 0.1) is 12.2 Å². The Balaban J connectivity index is 1.79. The SMILES string of the molecule is Oc1ccccc1NC(=NCc1cc(Br)ccc1F)NC1CCCCCC1. The van der Waals surface area contributed by atoms with E-state index in [1.807, 2.05) is 6.07 Å². The van der Waals surface area contributed by atoms with Gasteiger partial charge in [-0.2, -0.15) is 0 Å². The lowest BCUT2D eigenvalue weighted by Gasteiger charge is -2.20. The van der Waals surface area contributed by atoms with Crippen molar-refractivity contribution in [2.45, 2.75) is 51.1 Å². The molecule has 0 aliphatic heterocycles. The van der Waals surface area contributed by atoms with Crippen LogP contribution in [0.5, 0.6) is 5.75 Å². The van der Waals surface area contributed by atoms with E-state index in [9.17, 15) is 9.50 Å². The summed E-state index contributed by atoms with van der Waals surface area (Å²) in [6, 6.07) is 12.2. The minimum absolute atomic E-state index is 0.154. The van der Waals surface area contributed by atoms with E-state index >= 15 is 0 Å². The second-order valence-corrected chi connectivity index (χ2v) is 7.79. The lowest BCUT2D eigenvalue weighted by atomic mass is 10.1. The van der Waals surface area contributed by atoms with Gasteiger partial charge in [0.1, 0.15) is 11.6 Å². The maximum Gasteiger partial charge on any atom is 0.196 e. The summed E-state index contributed by atoms with van der Waals surface area (Å²) in [4.78, 5) is 4.58. The molecule has 0 heterocycles. The summed E-state index contributed by atoms with van der Waals surface area (Å²) in [6.07, 6.45) is 7.10. The van der Waals surface area contributed by atoms with Gasteiger partial charge in [0.2, 0.25) is 0 Å². The number of aromatic hydroxyl groups is 1. The van der Waals surface area contributed by atoms with Crippen molar-refractivity contribution < 1.29 is 9.50 Å². The number of anilines is 1. The third-order valence-corrected chi connectivity index (χ3v) is 5.26.